The summed E-state index contributed by atoms with van der Waals surface area (Å²) in [5.74, 6) is 0.111. The Labute approximate surface area is 164 Å². The molecule has 0 aliphatic carbocycles. The van der Waals surface area contributed by atoms with Crippen molar-refractivity contribution in [2.75, 3.05) is 11.4 Å². The van der Waals surface area contributed by atoms with Crippen LogP contribution in [-0.4, -0.2) is 16.1 Å². The van der Waals surface area contributed by atoms with Gasteiger partial charge in [-0.05, 0) is 37.1 Å². The molecule has 4 rings (SSSR count). The molecule has 0 radical (unpaired) electrons. The van der Waals surface area contributed by atoms with Crippen molar-refractivity contribution in [2.24, 2.45) is 0 Å². The molecule has 2 aliphatic heterocycles. The van der Waals surface area contributed by atoms with Crippen LogP contribution in [-0.2, 0) is 4.79 Å². The van der Waals surface area contributed by atoms with Gasteiger partial charge in [0.15, 0.2) is 5.75 Å². The largest absolute Gasteiger partial charge is 0.454 e. The summed E-state index contributed by atoms with van der Waals surface area (Å²) in [6.07, 6.45) is 1.14. The van der Waals surface area contributed by atoms with Gasteiger partial charge in [-0.3, -0.25) is 4.79 Å². The second kappa shape index (κ2) is 6.45. The summed E-state index contributed by atoms with van der Waals surface area (Å²) >= 11 is 17.6. The highest BCUT2D eigenvalue weighted by Gasteiger charge is 2.39. The maximum Gasteiger partial charge on any atom is 0.253 e. The van der Waals surface area contributed by atoms with Crippen LogP contribution in [0, 0.1) is 5.82 Å². The second-order valence-corrected chi connectivity index (χ2v) is 8.40. The van der Waals surface area contributed by atoms with E-state index in [2.05, 4.69) is 0 Å². The maximum atomic E-state index is 13.9. The number of hydrogen-bond acceptors (Lipinski definition) is 3. The molecule has 2 aliphatic rings. The van der Waals surface area contributed by atoms with Crippen LogP contribution in [0.1, 0.15) is 18.4 Å². The number of fused-ring (bicyclic) bond motifs is 5. The Bertz CT molecular complexity index is 937. The number of halogens is 4. The van der Waals surface area contributed by atoms with Crippen molar-refractivity contribution in [1.29, 1.82) is 0 Å². The molecule has 0 unspecified atom stereocenters. The van der Waals surface area contributed by atoms with Crippen LogP contribution >= 0.6 is 34.8 Å². The van der Waals surface area contributed by atoms with Crippen molar-refractivity contribution < 1.29 is 13.9 Å². The summed E-state index contributed by atoms with van der Waals surface area (Å²) in [5, 5.41) is 0. The molecule has 0 bridgehead atoms. The first kappa shape index (κ1) is 17.7. The van der Waals surface area contributed by atoms with E-state index in [-0.39, 0.29) is 0 Å². The zero-order valence-electron chi connectivity index (χ0n) is 13.4. The van der Waals surface area contributed by atoms with E-state index < -0.39 is 15.4 Å². The summed E-state index contributed by atoms with van der Waals surface area (Å²) in [4.78, 5) is 14.7. The Hall–Kier alpha value is -1.75. The smallest absolute Gasteiger partial charge is 0.253 e. The highest BCUT2D eigenvalue weighted by Crippen LogP contribution is 2.48. The van der Waals surface area contributed by atoms with Gasteiger partial charge in [-0.1, -0.05) is 46.9 Å². The Balaban J connectivity index is 2.03. The topological polar surface area (TPSA) is 29.5 Å². The first-order valence-electron chi connectivity index (χ1n) is 8.05. The Morgan fingerprint density at radius 3 is 2.65 bits per heavy atom. The van der Waals surface area contributed by atoms with Crippen LogP contribution in [0.5, 0.6) is 11.5 Å². The van der Waals surface area contributed by atoms with Gasteiger partial charge in [-0.15, -0.1) is 0 Å². The first-order valence-corrected chi connectivity index (χ1v) is 9.18. The molecule has 0 spiro atoms. The van der Waals surface area contributed by atoms with Crippen molar-refractivity contribution in [2.45, 2.75) is 16.6 Å². The predicted octanol–water partition coefficient (Wildman–Crippen LogP) is 5.88. The molecule has 134 valence electrons. The number of ether oxygens (including phenoxy) is 1. The Morgan fingerprint density at radius 2 is 1.88 bits per heavy atom. The zero-order valence-corrected chi connectivity index (χ0v) is 15.7. The van der Waals surface area contributed by atoms with Crippen LogP contribution < -0.4 is 9.64 Å². The molecule has 0 aromatic heterocycles. The molecule has 3 nitrogen and oxygen atoms in total. The van der Waals surface area contributed by atoms with Gasteiger partial charge < -0.3 is 9.64 Å². The Kier molecular flexibility index (Phi) is 4.38. The van der Waals surface area contributed by atoms with Crippen molar-refractivity contribution in [3.05, 3.63) is 59.4 Å². The van der Waals surface area contributed by atoms with Crippen molar-refractivity contribution in [3.63, 3.8) is 0 Å². The van der Waals surface area contributed by atoms with Crippen molar-refractivity contribution in [3.8, 4) is 11.5 Å². The van der Waals surface area contributed by atoms with E-state index in [1.165, 1.54) is 12.1 Å². The van der Waals surface area contributed by atoms with E-state index in [0.29, 0.717) is 53.4 Å². The quantitative estimate of drug-likeness (QED) is 0.548. The van der Waals surface area contributed by atoms with Gasteiger partial charge >= 0.3 is 0 Å². The lowest BCUT2D eigenvalue weighted by atomic mass is 9.93. The van der Waals surface area contributed by atoms with Gasteiger partial charge in [0.2, 0.25) is 5.78 Å². The average Bonchev–Trinajstić information content (AvgIpc) is 2.75. The highest BCUT2D eigenvalue weighted by atomic mass is 35.6. The summed E-state index contributed by atoms with van der Waals surface area (Å²) < 4.78 is 17.9. The van der Waals surface area contributed by atoms with Crippen molar-refractivity contribution in [1.82, 2.24) is 0 Å². The van der Waals surface area contributed by atoms with Crippen LogP contribution in [0.4, 0.5) is 10.1 Å². The molecule has 0 N–H and O–H groups in total. The van der Waals surface area contributed by atoms with E-state index in [1.807, 2.05) is 23.1 Å². The number of nitrogens with zero attached hydrogens (tertiary/aromatic N) is 1. The normalized spacial score (nSPS) is 16.2. The summed E-state index contributed by atoms with van der Waals surface area (Å²) in [5.41, 5.74) is 2.27. The molecule has 2 aromatic rings. The number of allylic oxidation sites excluding steroid dienone is 1. The Morgan fingerprint density at radius 1 is 1.12 bits per heavy atom. The average molecular weight is 413 g/mol. The predicted molar refractivity (Wildman–Crippen MR) is 102 cm³/mol. The minimum atomic E-state index is -2.06. The number of benzene rings is 2. The summed E-state index contributed by atoms with van der Waals surface area (Å²) in [6.45, 7) is 0.597. The van der Waals surface area contributed by atoms with Gasteiger partial charge in [0, 0.05) is 23.7 Å². The molecule has 0 saturated carbocycles. The fourth-order valence-corrected chi connectivity index (χ4v) is 3.75. The monoisotopic (exact) mass is 411 g/mol. The lowest BCUT2D eigenvalue weighted by Gasteiger charge is -2.33. The number of anilines is 1. The third-order valence-electron chi connectivity index (χ3n) is 4.47. The van der Waals surface area contributed by atoms with Crippen LogP contribution in [0.3, 0.4) is 0 Å². The van der Waals surface area contributed by atoms with Crippen LogP contribution in [0.2, 0.25) is 0 Å². The number of Topliss-reactive ketones (excluding diaryl/α,β-unsaturated/α-hetero) is 1. The highest BCUT2D eigenvalue weighted by molar-refractivity contribution is 6.77. The number of carbonyl (C=O) groups is 1. The SMILES string of the molecule is O=C(C1=C2c3ccccc3Oc3ccc(F)cc3N2CCC1)C(Cl)(Cl)Cl. The second-order valence-electron chi connectivity index (χ2n) is 6.12. The number of ketones is 1. The van der Waals surface area contributed by atoms with E-state index in [4.69, 9.17) is 39.5 Å². The molecular weight excluding hydrogens is 400 g/mol. The van der Waals surface area contributed by atoms with Crippen LogP contribution in [0.25, 0.3) is 5.70 Å². The lowest BCUT2D eigenvalue weighted by molar-refractivity contribution is -0.114. The standard InChI is InChI=1S/C19H13Cl3FNO2/c20-19(21,22)18(25)13-5-3-9-24-14-10-11(23)7-8-16(14)26-15-6-2-1-4-12(15)17(13)24/h1-2,4,6-8,10H,3,5,9H2. The number of para-hydroxylation sites is 1. The molecule has 7 heteroatoms. The maximum absolute atomic E-state index is 13.9. The summed E-state index contributed by atoms with van der Waals surface area (Å²) in [6, 6.07) is 11.6. The zero-order chi connectivity index (χ0) is 18.5. The molecule has 2 aromatic carbocycles. The number of carbonyl (C=O) groups excluding carboxylic acids is 1. The van der Waals surface area contributed by atoms with Gasteiger partial charge in [0.25, 0.3) is 3.79 Å². The molecule has 0 atom stereocenters. The lowest BCUT2D eigenvalue weighted by Crippen LogP contribution is -2.32. The van der Waals surface area contributed by atoms with Crippen LogP contribution in [0.15, 0.2) is 48.0 Å². The van der Waals surface area contributed by atoms with Gasteiger partial charge in [-0.25, -0.2) is 4.39 Å². The minimum absolute atomic E-state index is 0.391. The molecule has 0 saturated heterocycles. The third-order valence-corrected chi connectivity index (χ3v) is 4.98. The molecule has 0 amide bonds. The summed E-state index contributed by atoms with van der Waals surface area (Å²) in [7, 11) is 0. The molecule has 26 heavy (non-hydrogen) atoms. The van der Waals surface area contributed by atoms with Gasteiger partial charge in [-0.2, -0.15) is 0 Å². The van der Waals surface area contributed by atoms with E-state index in [0.717, 1.165) is 0 Å². The third kappa shape index (κ3) is 2.96. The van der Waals surface area contributed by atoms with E-state index in [9.17, 15) is 9.18 Å². The first-order chi connectivity index (χ1) is 12.4. The molecular formula is C19H13Cl3FNO2. The van der Waals surface area contributed by atoms with Crippen molar-refractivity contribution >= 4 is 52.0 Å². The number of rotatable bonds is 1. The number of alkyl halides is 3. The van der Waals surface area contributed by atoms with E-state index >= 15 is 0 Å². The molecule has 2 heterocycles. The van der Waals surface area contributed by atoms with E-state index in [1.54, 1.807) is 12.1 Å². The van der Waals surface area contributed by atoms with Gasteiger partial charge in [0.05, 0.1) is 11.4 Å². The van der Waals surface area contributed by atoms with Gasteiger partial charge in [0.1, 0.15) is 11.6 Å². The minimum Gasteiger partial charge on any atom is -0.454 e. The fraction of sp³-hybridized carbons (Fsp3) is 0.211. The fourth-order valence-electron chi connectivity index (χ4n) is 3.41. The molecule has 0 fully saturated rings. The number of hydrogen-bond donors (Lipinski definition) is 0.